The molecule has 2 aromatic carbocycles. The lowest BCUT2D eigenvalue weighted by molar-refractivity contribution is -0.123. The van der Waals surface area contributed by atoms with Crippen molar-refractivity contribution in [1.82, 2.24) is 15.2 Å². The molecule has 1 aromatic heterocycles. The molecule has 6 nitrogen and oxygen atoms in total. The van der Waals surface area contributed by atoms with Gasteiger partial charge in [-0.1, -0.05) is 36.4 Å². The smallest absolute Gasteiger partial charge is 0.290 e. The molecule has 152 valence electrons. The molecular formula is C23H27N3O3. The summed E-state index contributed by atoms with van der Waals surface area (Å²) < 4.78 is 0. The number of likely N-dealkylation sites (N-methyl/N-ethyl adjacent to an activating group) is 1. The standard InChI is InChI=1S/C22H25N3O.CH2O2/c1-15-11-20(17-8-5-7-16(12-17)14-25(3)4)24-22-18(13-21(26)23-2)9-6-10-19(15)22;2-1-3/h5-12H,13-14H2,1-4H3,(H,23,26);1H,(H,2,3). The lowest BCUT2D eigenvalue weighted by atomic mass is 10.00. The molecule has 0 aliphatic carbocycles. The van der Waals surface area contributed by atoms with E-state index in [-0.39, 0.29) is 12.4 Å². The number of hydrogen-bond acceptors (Lipinski definition) is 4. The number of pyridine rings is 1. The van der Waals surface area contributed by atoms with E-state index < -0.39 is 0 Å². The maximum atomic E-state index is 11.9. The van der Waals surface area contributed by atoms with Crippen molar-refractivity contribution >= 4 is 23.3 Å². The minimum absolute atomic E-state index is 0.00432. The molecule has 1 amide bonds. The first-order chi connectivity index (χ1) is 13.9. The largest absolute Gasteiger partial charge is 0.483 e. The molecule has 0 bridgehead atoms. The first kappa shape index (κ1) is 22.0. The normalized spacial score (nSPS) is 10.4. The Morgan fingerprint density at radius 2 is 1.86 bits per heavy atom. The fourth-order valence-corrected chi connectivity index (χ4v) is 3.22. The molecule has 3 rings (SSSR count). The highest BCUT2D eigenvalue weighted by Crippen LogP contribution is 2.27. The van der Waals surface area contributed by atoms with Crippen molar-refractivity contribution in [3.05, 3.63) is 65.2 Å². The zero-order valence-corrected chi connectivity index (χ0v) is 17.3. The Kier molecular flexibility index (Phi) is 7.86. The number of aryl methyl sites for hydroxylation is 1. The maximum absolute atomic E-state index is 11.9. The van der Waals surface area contributed by atoms with Gasteiger partial charge < -0.3 is 15.3 Å². The SMILES string of the molecule is CNC(=O)Cc1cccc2c(C)cc(-c3cccc(CN(C)C)c3)nc12.O=CO. The van der Waals surface area contributed by atoms with Crippen molar-refractivity contribution < 1.29 is 14.7 Å². The average Bonchev–Trinajstić information content (AvgIpc) is 2.68. The van der Waals surface area contributed by atoms with Gasteiger partial charge >= 0.3 is 0 Å². The van der Waals surface area contributed by atoms with E-state index in [4.69, 9.17) is 14.9 Å². The van der Waals surface area contributed by atoms with Crippen molar-refractivity contribution in [2.24, 2.45) is 0 Å². The molecule has 2 N–H and O–H groups in total. The monoisotopic (exact) mass is 393 g/mol. The first-order valence-corrected chi connectivity index (χ1v) is 9.31. The van der Waals surface area contributed by atoms with Crippen LogP contribution < -0.4 is 5.32 Å². The summed E-state index contributed by atoms with van der Waals surface area (Å²) in [6.07, 6.45) is 0.338. The van der Waals surface area contributed by atoms with Gasteiger partial charge in [-0.05, 0) is 49.8 Å². The van der Waals surface area contributed by atoms with Gasteiger partial charge in [0, 0.05) is 24.5 Å². The van der Waals surface area contributed by atoms with Crippen LogP contribution in [-0.2, 0) is 22.6 Å². The maximum Gasteiger partial charge on any atom is 0.290 e. The Bertz CT molecular complexity index is 1000. The van der Waals surface area contributed by atoms with Gasteiger partial charge in [-0.2, -0.15) is 0 Å². The zero-order valence-electron chi connectivity index (χ0n) is 17.3. The van der Waals surface area contributed by atoms with Crippen molar-refractivity contribution in [1.29, 1.82) is 0 Å². The summed E-state index contributed by atoms with van der Waals surface area (Å²) in [5.74, 6) is -0.00432. The Hall–Kier alpha value is -3.25. The van der Waals surface area contributed by atoms with Crippen LogP contribution in [0.5, 0.6) is 0 Å². The molecule has 6 heteroatoms. The molecule has 0 unspecified atom stereocenters. The number of para-hydroxylation sites is 1. The van der Waals surface area contributed by atoms with Crippen LogP contribution in [0.1, 0.15) is 16.7 Å². The highest BCUT2D eigenvalue weighted by atomic mass is 16.3. The van der Waals surface area contributed by atoms with Gasteiger partial charge in [-0.25, -0.2) is 4.98 Å². The lowest BCUT2D eigenvalue weighted by Gasteiger charge is -2.13. The van der Waals surface area contributed by atoms with E-state index in [1.165, 1.54) is 11.1 Å². The summed E-state index contributed by atoms with van der Waals surface area (Å²) in [6, 6.07) is 16.7. The van der Waals surface area contributed by atoms with Crippen LogP contribution in [0, 0.1) is 6.92 Å². The Morgan fingerprint density at radius 1 is 1.17 bits per heavy atom. The molecule has 0 fully saturated rings. The lowest BCUT2D eigenvalue weighted by Crippen LogP contribution is -2.20. The zero-order chi connectivity index (χ0) is 21.4. The van der Waals surface area contributed by atoms with Gasteiger partial charge in [0.05, 0.1) is 17.6 Å². The van der Waals surface area contributed by atoms with Gasteiger partial charge in [0.2, 0.25) is 5.91 Å². The van der Waals surface area contributed by atoms with Gasteiger partial charge in [0.25, 0.3) is 6.47 Å². The summed E-state index contributed by atoms with van der Waals surface area (Å²) in [6.45, 7) is 2.74. The Morgan fingerprint density at radius 3 is 2.52 bits per heavy atom. The van der Waals surface area contributed by atoms with Crippen molar-refractivity contribution in [2.75, 3.05) is 21.1 Å². The molecule has 29 heavy (non-hydrogen) atoms. The van der Waals surface area contributed by atoms with E-state index >= 15 is 0 Å². The van der Waals surface area contributed by atoms with E-state index in [0.717, 1.165) is 34.3 Å². The summed E-state index contributed by atoms with van der Waals surface area (Å²) in [7, 11) is 5.79. The average molecular weight is 393 g/mol. The van der Waals surface area contributed by atoms with E-state index in [1.54, 1.807) is 7.05 Å². The van der Waals surface area contributed by atoms with Gasteiger partial charge in [-0.15, -0.1) is 0 Å². The third-order valence-electron chi connectivity index (χ3n) is 4.48. The highest BCUT2D eigenvalue weighted by Gasteiger charge is 2.11. The molecule has 0 saturated heterocycles. The Labute approximate surface area is 171 Å². The minimum Gasteiger partial charge on any atom is -0.483 e. The summed E-state index contributed by atoms with van der Waals surface area (Å²) in [4.78, 5) is 27.3. The van der Waals surface area contributed by atoms with E-state index in [0.29, 0.717) is 6.42 Å². The van der Waals surface area contributed by atoms with Crippen LogP contribution >= 0.6 is 0 Å². The third-order valence-corrected chi connectivity index (χ3v) is 4.48. The molecular weight excluding hydrogens is 366 g/mol. The minimum atomic E-state index is -0.250. The summed E-state index contributed by atoms with van der Waals surface area (Å²) in [5, 5.41) is 10.7. The first-order valence-electron chi connectivity index (χ1n) is 9.31. The second-order valence-electron chi connectivity index (χ2n) is 7.03. The van der Waals surface area contributed by atoms with Crippen LogP contribution in [0.4, 0.5) is 0 Å². The Balaban J connectivity index is 0.000000941. The van der Waals surface area contributed by atoms with Crippen LogP contribution in [0.2, 0.25) is 0 Å². The molecule has 0 atom stereocenters. The molecule has 3 aromatic rings. The van der Waals surface area contributed by atoms with Crippen LogP contribution in [0.3, 0.4) is 0 Å². The number of amides is 1. The topological polar surface area (TPSA) is 82.5 Å². The van der Waals surface area contributed by atoms with Crippen molar-refractivity contribution in [3.8, 4) is 11.3 Å². The second kappa shape index (κ2) is 10.3. The number of nitrogens with one attached hydrogen (secondary N) is 1. The van der Waals surface area contributed by atoms with Crippen LogP contribution in [-0.4, -0.2) is 48.5 Å². The quantitative estimate of drug-likeness (QED) is 0.650. The van der Waals surface area contributed by atoms with Crippen LogP contribution in [0.15, 0.2) is 48.5 Å². The number of fused-ring (bicyclic) bond motifs is 1. The van der Waals surface area contributed by atoms with Crippen LogP contribution in [0.25, 0.3) is 22.2 Å². The second-order valence-corrected chi connectivity index (χ2v) is 7.03. The van der Waals surface area contributed by atoms with Gasteiger partial charge in [-0.3, -0.25) is 9.59 Å². The molecule has 0 spiro atoms. The number of nitrogens with zero attached hydrogens (tertiary/aromatic N) is 2. The molecule has 1 heterocycles. The number of aromatic nitrogens is 1. The molecule has 0 aliphatic rings. The summed E-state index contributed by atoms with van der Waals surface area (Å²) in [5.41, 5.74) is 6.33. The summed E-state index contributed by atoms with van der Waals surface area (Å²) >= 11 is 0. The van der Waals surface area contributed by atoms with E-state index in [2.05, 4.69) is 67.6 Å². The van der Waals surface area contributed by atoms with E-state index in [1.807, 2.05) is 12.1 Å². The number of benzene rings is 2. The van der Waals surface area contributed by atoms with Gasteiger partial charge in [0.1, 0.15) is 0 Å². The fraction of sp³-hybridized carbons (Fsp3) is 0.261. The third kappa shape index (κ3) is 5.86. The number of rotatable bonds is 5. The predicted molar refractivity (Wildman–Crippen MR) is 116 cm³/mol. The highest BCUT2D eigenvalue weighted by molar-refractivity contribution is 5.91. The predicted octanol–water partition coefficient (Wildman–Crippen LogP) is 3.26. The number of carbonyl (C=O) groups is 2. The molecule has 0 aliphatic heterocycles. The molecule has 0 saturated carbocycles. The number of carboxylic acid groups (broad SMARTS) is 1. The van der Waals surface area contributed by atoms with Crippen molar-refractivity contribution in [2.45, 2.75) is 19.9 Å². The number of carbonyl (C=O) groups excluding carboxylic acids is 1. The fourth-order valence-electron chi connectivity index (χ4n) is 3.22. The number of hydrogen-bond donors (Lipinski definition) is 2. The van der Waals surface area contributed by atoms with E-state index in [9.17, 15) is 4.79 Å². The van der Waals surface area contributed by atoms with Crippen molar-refractivity contribution in [3.63, 3.8) is 0 Å². The van der Waals surface area contributed by atoms with Gasteiger partial charge in [0.15, 0.2) is 0 Å². The molecule has 0 radical (unpaired) electrons.